The largest absolute Gasteiger partial charge is 0.392 e. The van der Waals surface area contributed by atoms with E-state index in [1.165, 1.54) is 4.31 Å². The zero-order valence-corrected chi connectivity index (χ0v) is 12.0. The van der Waals surface area contributed by atoms with E-state index in [1.54, 1.807) is 6.92 Å². The van der Waals surface area contributed by atoms with Crippen LogP contribution in [0.15, 0.2) is 4.21 Å². The highest BCUT2D eigenvalue weighted by molar-refractivity contribution is 7.91. The van der Waals surface area contributed by atoms with Gasteiger partial charge in [0.25, 0.3) is 15.9 Å². The maximum absolute atomic E-state index is 12.4. The molecule has 1 aromatic heterocycles. The van der Waals surface area contributed by atoms with E-state index in [4.69, 9.17) is 5.73 Å². The molecule has 1 unspecified atom stereocenters. The van der Waals surface area contributed by atoms with Gasteiger partial charge in [-0.05, 0) is 12.8 Å². The molecule has 1 atom stereocenters. The molecule has 9 heteroatoms. The quantitative estimate of drug-likeness (QED) is 0.783. The summed E-state index contributed by atoms with van der Waals surface area (Å²) in [5.41, 5.74) is 5.48. The van der Waals surface area contributed by atoms with Crippen LogP contribution in [0, 0.1) is 0 Å². The minimum absolute atomic E-state index is 0.00447. The Hall–Kier alpha value is -1.03. The molecular formula is C10H15N3O4S2. The van der Waals surface area contributed by atoms with Crippen LogP contribution in [0.4, 0.5) is 0 Å². The van der Waals surface area contributed by atoms with Gasteiger partial charge >= 0.3 is 0 Å². The van der Waals surface area contributed by atoms with Gasteiger partial charge in [0.2, 0.25) is 0 Å². The summed E-state index contributed by atoms with van der Waals surface area (Å²) >= 11 is 0.790. The number of thiazole rings is 1. The molecule has 2 rings (SSSR count). The second-order valence-electron chi connectivity index (χ2n) is 4.28. The van der Waals surface area contributed by atoms with Crippen molar-refractivity contribution in [2.45, 2.75) is 30.1 Å². The number of aryl methyl sites for hydroxylation is 1. The Morgan fingerprint density at radius 3 is 2.79 bits per heavy atom. The fourth-order valence-electron chi connectivity index (χ4n) is 1.91. The first-order valence-electron chi connectivity index (χ1n) is 5.84. The first-order valence-corrected chi connectivity index (χ1v) is 8.09. The first-order chi connectivity index (χ1) is 8.86. The Bertz CT molecular complexity index is 596. The van der Waals surface area contributed by atoms with Gasteiger partial charge in [-0.1, -0.05) is 18.3 Å². The molecule has 106 valence electrons. The Morgan fingerprint density at radius 1 is 1.63 bits per heavy atom. The van der Waals surface area contributed by atoms with Crippen molar-refractivity contribution in [2.75, 3.05) is 13.1 Å². The molecule has 0 saturated carbocycles. The smallest absolute Gasteiger partial charge is 0.277 e. The molecule has 1 fully saturated rings. The lowest BCUT2D eigenvalue weighted by atomic mass is 10.3. The zero-order chi connectivity index (χ0) is 14.2. The van der Waals surface area contributed by atoms with Crippen molar-refractivity contribution in [3.05, 3.63) is 10.7 Å². The predicted octanol–water partition coefficient (Wildman–Crippen LogP) is -0.440. The van der Waals surface area contributed by atoms with E-state index in [-0.39, 0.29) is 22.3 Å². The van der Waals surface area contributed by atoms with Gasteiger partial charge in [0.05, 0.1) is 11.8 Å². The molecule has 0 aliphatic carbocycles. The van der Waals surface area contributed by atoms with Gasteiger partial charge in [-0.2, -0.15) is 4.31 Å². The van der Waals surface area contributed by atoms with E-state index in [1.807, 2.05) is 0 Å². The van der Waals surface area contributed by atoms with Crippen LogP contribution in [0.3, 0.4) is 0 Å². The fraction of sp³-hybridized carbons (Fsp3) is 0.600. The third-order valence-electron chi connectivity index (χ3n) is 2.91. The monoisotopic (exact) mass is 305 g/mol. The number of hydrogen-bond acceptors (Lipinski definition) is 6. The van der Waals surface area contributed by atoms with E-state index >= 15 is 0 Å². The minimum Gasteiger partial charge on any atom is -0.392 e. The van der Waals surface area contributed by atoms with Crippen molar-refractivity contribution < 1.29 is 18.3 Å². The Labute approximate surface area is 115 Å². The fourth-order valence-corrected chi connectivity index (χ4v) is 5.06. The highest BCUT2D eigenvalue weighted by atomic mass is 32.2. The lowest BCUT2D eigenvalue weighted by molar-refractivity contribution is 0.0999. The number of hydrogen-bond donors (Lipinski definition) is 2. The number of sulfonamides is 1. The number of aliphatic hydroxyl groups excluding tert-OH is 1. The third-order valence-corrected chi connectivity index (χ3v) is 6.41. The number of carbonyl (C=O) groups is 1. The Morgan fingerprint density at radius 2 is 2.32 bits per heavy atom. The van der Waals surface area contributed by atoms with Crippen LogP contribution in [0.2, 0.25) is 0 Å². The number of nitrogens with zero attached hydrogens (tertiary/aromatic N) is 2. The van der Waals surface area contributed by atoms with Gasteiger partial charge in [0, 0.05) is 13.1 Å². The van der Waals surface area contributed by atoms with E-state index in [2.05, 4.69) is 4.98 Å². The maximum Gasteiger partial charge on any atom is 0.277 e. The van der Waals surface area contributed by atoms with Crippen molar-refractivity contribution in [3.63, 3.8) is 0 Å². The van der Waals surface area contributed by atoms with Gasteiger partial charge in [0.15, 0.2) is 9.22 Å². The third kappa shape index (κ3) is 2.64. The van der Waals surface area contributed by atoms with Crippen LogP contribution in [0.25, 0.3) is 0 Å². The molecule has 0 aromatic carbocycles. The normalized spacial score (nSPS) is 20.8. The topological polar surface area (TPSA) is 114 Å². The number of nitrogens with two attached hydrogens (primary N) is 1. The molecular weight excluding hydrogens is 290 g/mol. The lowest BCUT2D eigenvalue weighted by Crippen LogP contribution is -2.29. The molecule has 1 aliphatic rings. The van der Waals surface area contributed by atoms with Gasteiger partial charge in [-0.3, -0.25) is 4.79 Å². The average Bonchev–Trinajstić information content (AvgIpc) is 2.94. The minimum atomic E-state index is -3.71. The number of rotatable bonds is 4. The Kier molecular flexibility index (Phi) is 3.90. The maximum atomic E-state index is 12.4. The van der Waals surface area contributed by atoms with Gasteiger partial charge < -0.3 is 10.8 Å². The summed E-state index contributed by atoms with van der Waals surface area (Å²) in [5.74, 6) is -0.734. The standard InChI is InChI=1S/C10H15N3O4S2/c1-2-7-10(18-9(12-7)8(11)15)19(16,17)13-4-3-6(14)5-13/h6,14H,2-5H2,1H3,(H2,11,15). The van der Waals surface area contributed by atoms with Crippen LogP contribution >= 0.6 is 11.3 Å². The predicted molar refractivity (Wildman–Crippen MR) is 69.4 cm³/mol. The van der Waals surface area contributed by atoms with Gasteiger partial charge in [-0.25, -0.2) is 13.4 Å². The summed E-state index contributed by atoms with van der Waals surface area (Å²) in [6.07, 6.45) is 0.181. The van der Waals surface area contributed by atoms with Crippen molar-refractivity contribution in [1.82, 2.24) is 9.29 Å². The second-order valence-corrected chi connectivity index (χ2v) is 7.41. The molecule has 7 nitrogen and oxygen atoms in total. The highest BCUT2D eigenvalue weighted by Gasteiger charge is 2.35. The van der Waals surface area contributed by atoms with Crippen LogP contribution < -0.4 is 5.73 Å². The molecule has 19 heavy (non-hydrogen) atoms. The summed E-state index contributed by atoms with van der Waals surface area (Å²) in [5, 5.41) is 9.43. The van der Waals surface area contributed by atoms with E-state index in [9.17, 15) is 18.3 Å². The number of aromatic nitrogens is 1. The van der Waals surface area contributed by atoms with Crippen LogP contribution in [0.5, 0.6) is 0 Å². The van der Waals surface area contributed by atoms with Gasteiger partial charge in [0.1, 0.15) is 0 Å². The van der Waals surface area contributed by atoms with E-state index in [0.717, 1.165) is 11.3 Å². The van der Waals surface area contributed by atoms with Crippen LogP contribution in [-0.2, 0) is 16.4 Å². The molecule has 1 amide bonds. The first kappa shape index (κ1) is 14.4. The van der Waals surface area contributed by atoms with Crippen LogP contribution in [0.1, 0.15) is 28.8 Å². The molecule has 2 heterocycles. The number of primary amides is 1. The Balaban J connectivity index is 2.42. The second kappa shape index (κ2) is 5.16. The number of aliphatic hydroxyl groups is 1. The number of carbonyl (C=O) groups excluding carboxylic acids is 1. The van der Waals surface area contributed by atoms with Crippen molar-refractivity contribution >= 4 is 27.3 Å². The highest BCUT2D eigenvalue weighted by Crippen LogP contribution is 2.29. The number of β-amino-alcohol motifs (C(OH)–C–C–N with tert-alkyl or cyclic N) is 1. The number of amides is 1. The zero-order valence-electron chi connectivity index (χ0n) is 10.4. The molecule has 1 aliphatic heterocycles. The summed E-state index contributed by atoms with van der Waals surface area (Å²) in [7, 11) is -3.71. The SMILES string of the molecule is CCc1nc(C(N)=O)sc1S(=O)(=O)N1CCC(O)C1. The average molecular weight is 305 g/mol. The molecule has 1 saturated heterocycles. The molecule has 0 spiro atoms. The molecule has 3 N–H and O–H groups in total. The van der Waals surface area contributed by atoms with Crippen molar-refractivity contribution in [1.29, 1.82) is 0 Å². The van der Waals surface area contributed by atoms with Crippen molar-refractivity contribution in [3.8, 4) is 0 Å². The summed E-state index contributed by atoms with van der Waals surface area (Å²) in [4.78, 5) is 15.1. The molecule has 1 aromatic rings. The van der Waals surface area contributed by atoms with E-state index in [0.29, 0.717) is 18.5 Å². The van der Waals surface area contributed by atoms with Crippen LogP contribution in [-0.4, -0.2) is 47.9 Å². The lowest BCUT2D eigenvalue weighted by Gasteiger charge is -2.14. The summed E-state index contributed by atoms with van der Waals surface area (Å²) in [6.45, 7) is 2.11. The molecule has 0 radical (unpaired) electrons. The van der Waals surface area contributed by atoms with Crippen molar-refractivity contribution in [2.24, 2.45) is 5.73 Å². The summed E-state index contributed by atoms with van der Waals surface area (Å²) in [6, 6.07) is 0. The summed E-state index contributed by atoms with van der Waals surface area (Å²) < 4.78 is 26.1. The van der Waals surface area contributed by atoms with E-state index < -0.39 is 22.0 Å². The molecule has 0 bridgehead atoms. The van der Waals surface area contributed by atoms with Gasteiger partial charge in [-0.15, -0.1) is 0 Å².